The zero-order valence-electron chi connectivity index (χ0n) is 29.3. The number of hydrogen-bond donors (Lipinski definition) is 0. The van der Waals surface area contributed by atoms with Crippen molar-refractivity contribution in [2.24, 2.45) is 5.92 Å². The van der Waals surface area contributed by atoms with Gasteiger partial charge in [-0.15, -0.1) is 11.3 Å². The minimum atomic E-state index is 0.421. The van der Waals surface area contributed by atoms with Gasteiger partial charge in [0.25, 0.3) is 0 Å². The molecule has 0 spiro atoms. The summed E-state index contributed by atoms with van der Waals surface area (Å²) in [7, 11) is 0. The van der Waals surface area contributed by atoms with Crippen molar-refractivity contribution in [3.05, 3.63) is 187 Å². The summed E-state index contributed by atoms with van der Waals surface area (Å²) in [5, 5.41) is 12.7. The molecule has 0 fully saturated rings. The van der Waals surface area contributed by atoms with Crippen LogP contribution in [0.3, 0.4) is 0 Å². The van der Waals surface area contributed by atoms with Crippen molar-refractivity contribution in [3.8, 4) is 22.3 Å². The van der Waals surface area contributed by atoms with Crippen LogP contribution < -0.4 is 0 Å². The van der Waals surface area contributed by atoms with E-state index < -0.39 is 0 Å². The molecule has 1 atom stereocenters. The van der Waals surface area contributed by atoms with Crippen LogP contribution in [0.1, 0.15) is 12.0 Å². The van der Waals surface area contributed by atoms with E-state index in [1.807, 2.05) is 11.3 Å². The first-order valence-corrected chi connectivity index (χ1v) is 19.6. The molecule has 12 rings (SSSR count). The van der Waals surface area contributed by atoms with E-state index in [0.29, 0.717) is 5.92 Å². The molecule has 1 nitrogen and oxygen atoms in total. The first-order valence-electron chi connectivity index (χ1n) is 18.8. The molecule has 10 aromatic rings. The molecular formula is C52H32OS. The number of benzene rings is 8. The second-order valence-corrected chi connectivity index (χ2v) is 15.8. The zero-order valence-corrected chi connectivity index (χ0v) is 30.2. The fourth-order valence-electron chi connectivity index (χ4n) is 9.37. The quantitative estimate of drug-likeness (QED) is 0.167. The van der Waals surface area contributed by atoms with E-state index in [9.17, 15) is 0 Å². The minimum absolute atomic E-state index is 0.421. The van der Waals surface area contributed by atoms with Crippen molar-refractivity contribution in [2.45, 2.75) is 6.42 Å². The van der Waals surface area contributed by atoms with Gasteiger partial charge in [-0.3, -0.25) is 0 Å². The maximum absolute atomic E-state index is 6.36. The number of fused-ring (bicyclic) bond motifs is 12. The van der Waals surface area contributed by atoms with E-state index in [-0.39, 0.29) is 0 Å². The van der Waals surface area contributed by atoms with Gasteiger partial charge in [-0.1, -0.05) is 140 Å². The number of hydrogen-bond acceptors (Lipinski definition) is 2. The highest BCUT2D eigenvalue weighted by Crippen LogP contribution is 2.47. The van der Waals surface area contributed by atoms with E-state index in [1.54, 1.807) is 0 Å². The van der Waals surface area contributed by atoms with Crippen LogP contribution in [0.15, 0.2) is 186 Å². The molecule has 1 unspecified atom stereocenters. The molecule has 54 heavy (non-hydrogen) atoms. The van der Waals surface area contributed by atoms with Gasteiger partial charge in [-0.25, -0.2) is 0 Å². The lowest BCUT2D eigenvalue weighted by molar-refractivity contribution is 0.669. The Morgan fingerprint density at radius 1 is 0.481 bits per heavy atom. The van der Waals surface area contributed by atoms with Crippen molar-refractivity contribution in [1.82, 2.24) is 0 Å². The van der Waals surface area contributed by atoms with Gasteiger partial charge in [0.2, 0.25) is 0 Å². The highest BCUT2D eigenvalue weighted by Gasteiger charge is 2.23. The van der Waals surface area contributed by atoms with Gasteiger partial charge < -0.3 is 4.42 Å². The number of para-hydroxylation sites is 1. The maximum Gasteiger partial charge on any atom is 0.136 e. The average Bonchev–Trinajstić information content (AvgIpc) is 3.81. The Hall–Kier alpha value is -6.48. The molecule has 0 aliphatic heterocycles. The average molecular weight is 705 g/mol. The summed E-state index contributed by atoms with van der Waals surface area (Å²) >= 11 is 1.87. The lowest BCUT2D eigenvalue weighted by Gasteiger charge is -2.25. The van der Waals surface area contributed by atoms with Crippen LogP contribution in [0, 0.1) is 5.92 Å². The van der Waals surface area contributed by atoms with Gasteiger partial charge >= 0.3 is 0 Å². The van der Waals surface area contributed by atoms with Crippen LogP contribution >= 0.6 is 11.3 Å². The third-order valence-electron chi connectivity index (χ3n) is 11.8. The Bertz CT molecular complexity index is 3300. The fourth-order valence-corrected chi connectivity index (χ4v) is 10.5. The largest absolute Gasteiger partial charge is 0.456 e. The first-order chi connectivity index (χ1) is 26.8. The van der Waals surface area contributed by atoms with Crippen molar-refractivity contribution < 1.29 is 4.42 Å². The Morgan fingerprint density at radius 3 is 2.02 bits per heavy atom. The molecule has 2 aromatic heterocycles. The molecule has 8 aromatic carbocycles. The summed E-state index contributed by atoms with van der Waals surface area (Å²) < 4.78 is 8.96. The predicted molar refractivity (Wildman–Crippen MR) is 232 cm³/mol. The topological polar surface area (TPSA) is 13.1 Å². The van der Waals surface area contributed by atoms with Crippen LogP contribution in [0.2, 0.25) is 0 Å². The van der Waals surface area contributed by atoms with Gasteiger partial charge in [0.05, 0.1) is 0 Å². The Balaban J connectivity index is 1.06. The first kappa shape index (κ1) is 30.0. The van der Waals surface area contributed by atoms with Crippen LogP contribution in [0.25, 0.3) is 102 Å². The van der Waals surface area contributed by atoms with E-state index in [4.69, 9.17) is 4.42 Å². The number of thiophene rings is 1. The monoisotopic (exact) mass is 704 g/mol. The van der Waals surface area contributed by atoms with Crippen molar-refractivity contribution in [2.75, 3.05) is 0 Å². The van der Waals surface area contributed by atoms with Gasteiger partial charge in [-0.2, -0.15) is 0 Å². The lowest BCUT2D eigenvalue weighted by atomic mass is 9.78. The molecule has 0 N–H and O–H groups in total. The molecule has 0 bridgehead atoms. The molecule has 0 radical (unpaired) electrons. The summed E-state index contributed by atoms with van der Waals surface area (Å²) in [4.78, 5) is 0. The molecule has 0 amide bonds. The molecule has 2 heterocycles. The van der Waals surface area contributed by atoms with Crippen molar-refractivity contribution >= 4 is 91.3 Å². The minimum Gasteiger partial charge on any atom is -0.456 e. The van der Waals surface area contributed by atoms with Gasteiger partial charge in [-0.05, 0) is 109 Å². The van der Waals surface area contributed by atoms with Gasteiger partial charge in [0.1, 0.15) is 11.2 Å². The number of furan rings is 1. The van der Waals surface area contributed by atoms with Crippen LogP contribution in [-0.4, -0.2) is 0 Å². The third kappa shape index (κ3) is 4.38. The van der Waals surface area contributed by atoms with Crippen molar-refractivity contribution in [1.29, 1.82) is 0 Å². The summed E-state index contributed by atoms with van der Waals surface area (Å²) in [6.45, 7) is 0. The fraction of sp³-hybridized carbons (Fsp3) is 0.0385. The van der Waals surface area contributed by atoms with Crippen molar-refractivity contribution in [3.63, 3.8) is 0 Å². The Morgan fingerprint density at radius 2 is 1.19 bits per heavy atom. The van der Waals surface area contributed by atoms with Crippen LogP contribution in [-0.2, 0) is 0 Å². The second-order valence-electron chi connectivity index (χ2n) is 14.7. The van der Waals surface area contributed by atoms with E-state index in [0.717, 1.165) is 17.6 Å². The number of rotatable bonds is 3. The zero-order chi connectivity index (χ0) is 35.3. The second kappa shape index (κ2) is 11.5. The molecule has 252 valence electrons. The van der Waals surface area contributed by atoms with E-state index >= 15 is 0 Å². The number of allylic oxidation sites excluding steroid dienone is 8. The highest BCUT2D eigenvalue weighted by molar-refractivity contribution is 7.26. The SMILES string of the molecule is C1=CC2=CC=C(c3c4ccccc4c(-c4cccc(-c5ccc6sc7ccc8ccc9oc%10ccccc%10c9c8c7c6c5)c4)c4ccccc34)CC2C=C1. The summed E-state index contributed by atoms with van der Waals surface area (Å²) in [6.07, 6.45) is 14.6. The van der Waals surface area contributed by atoms with E-state index in [1.165, 1.54) is 102 Å². The van der Waals surface area contributed by atoms with Gasteiger partial charge in [0.15, 0.2) is 0 Å². The Kier molecular flexibility index (Phi) is 6.40. The van der Waals surface area contributed by atoms with E-state index in [2.05, 4.69) is 176 Å². The molecule has 0 saturated carbocycles. The standard InChI is InChI=1S/C52H32OS/c1-2-11-33-28-37(21-20-31(33)10-1)49-40-16-5-3-14-38(40)48(39-15-4-6-17-41(39)49)36-13-9-12-34(29-36)35-24-26-46-43(30-35)52-47(54-46)27-23-32-22-25-45-51(50(32)52)42-18-7-8-19-44(42)53-45/h1-27,29-30,33H,28H2. The normalized spacial score (nSPS) is 15.6. The Labute approximate surface area is 316 Å². The van der Waals surface area contributed by atoms with Crippen LogP contribution in [0.5, 0.6) is 0 Å². The third-order valence-corrected chi connectivity index (χ3v) is 12.9. The molecular weight excluding hydrogens is 673 g/mol. The molecule has 2 aliphatic carbocycles. The maximum atomic E-state index is 6.36. The predicted octanol–water partition coefficient (Wildman–Crippen LogP) is 15.2. The lowest BCUT2D eigenvalue weighted by Crippen LogP contribution is -2.07. The summed E-state index contributed by atoms with van der Waals surface area (Å²) in [6, 6.07) is 51.6. The van der Waals surface area contributed by atoms with Gasteiger partial charge in [0, 0.05) is 42.2 Å². The molecule has 0 saturated heterocycles. The summed E-state index contributed by atoms with van der Waals surface area (Å²) in [5.41, 5.74) is 11.0. The highest BCUT2D eigenvalue weighted by atomic mass is 32.1. The summed E-state index contributed by atoms with van der Waals surface area (Å²) in [5.74, 6) is 0.421. The molecule has 2 heteroatoms. The molecule has 2 aliphatic rings. The smallest absolute Gasteiger partial charge is 0.136 e. The van der Waals surface area contributed by atoms with Crippen LogP contribution in [0.4, 0.5) is 0 Å².